The molecule has 6 nitrogen and oxygen atoms in total. The first-order valence-electron chi connectivity index (χ1n) is 7.23. The van der Waals surface area contributed by atoms with E-state index in [1.165, 1.54) is 23.1 Å². The summed E-state index contributed by atoms with van der Waals surface area (Å²) in [5.41, 5.74) is 0. The zero-order valence-corrected chi connectivity index (χ0v) is 14.3. The molecule has 0 aromatic carbocycles. The fraction of sp³-hybridized carbons (Fsp3) is 0.500. The van der Waals surface area contributed by atoms with Gasteiger partial charge < -0.3 is 15.1 Å². The number of rotatable bonds is 9. The minimum absolute atomic E-state index is 0.0407. The molecule has 1 amide bonds. The van der Waals surface area contributed by atoms with E-state index < -0.39 is 0 Å². The topological polar surface area (TPSA) is 80.0 Å². The number of nitrogens with zero attached hydrogens (tertiary/aromatic N) is 2. The highest BCUT2D eigenvalue weighted by atomic mass is 32.2. The molecular weight excluding hydrogens is 320 g/mol. The molecule has 0 atom stereocenters. The number of hydrogen-bond donors (Lipinski definition) is 2. The van der Waals surface area contributed by atoms with E-state index in [9.17, 15) is 4.79 Å². The molecule has 0 aliphatic rings. The van der Waals surface area contributed by atoms with Crippen molar-refractivity contribution >= 4 is 34.1 Å². The molecule has 2 N–H and O–H groups in total. The zero-order chi connectivity index (χ0) is 15.8. The summed E-state index contributed by atoms with van der Waals surface area (Å²) in [6.45, 7) is 4.72. The lowest BCUT2D eigenvalue weighted by atomic mass is 10.2. The zero-order valence-electron chi connectivity index (χ0n) is 12.7. The number of furan rings is 1. The molecule has 22 heavy (non-hydrogen) atoms. The molecule has 0 radical (unpaired) electrons. The van der Waals surface area contributed by atoms with Crippen molar-refractivity contribution in [2.45, 2.75) is 43.6 Å². The summed E-state index contributed by atoms with van der Waals surface area (Å²) >= 11 is 2.84. The Kier molecular flexibility index (Phi) is 6.73. The van der Waals surface area contributed by atoms with Crippen LogP contribution in [-0.2, 0) is 11.3 Å². The Bertz CT molecular complexity index is 567. The SMILES string of the molecule is CCC(CC)NC(=O)CSc1nnc(NCc2ccco2)s1. The molecule has 2 aromatic heterocycles. The van der Waals surface area contributed by atoms with Crippen LogP contribution in [0.25, 0.3) is 0 Å². The highest BCUT2D eigenvalue weighted by Crippen LogP contribution is 2.25. The number of amides is 1. The standard InChI is InChI=1S/C14H20N4O2S2/c1-3-10(4-2)16-12(19)9-21-14-18-17-13(22-14)15-8-11-6-5-7-20-11/h5-7,10H,3-4,8-9H2,1-2H3,(H,15,17)(H,16,19). The van der Waals surface area contributed by atoms with E-state index in [4.69, 9.17) is 4.42 Å². The van der Waals surface area contributed by atoms with Gasteiger partial charge in [-0.3, -0.25) is 4.79 Å². The number of nitrogens with one attached hydrogen (secondary N) is 2. The van der Waals surface area contributed by atoms with Crippen LogP contribution >= 0.6 is 23.1 Å². The summed E-state index contributed by atoms with van der Waals surface area (Å²) < 4.78 is 6.01. The Morgan fingerprint density at radius 1 is 1.41 bits per heavy atom. The second kappa shape index (κ2) is 8.79. The molecule has 2 aromatic rings. The predicted octanol–water partition coefficient (Wildman–Crippen LogP) is 3.14. The van der Waals surface area contributed by atoms with Crippen LogP contribution in [0.3, 0.4) is 0 Å². The molecular formula is C14H20N4O2S2. The van der Waals surface area contributed by atoms with Crippen LogP contribution < -0.4 is 10.6 Å². The lowest BCUT2D eigenvalue weighted by Crippen LogP contribution is -2.34. The van der Waals surface area contributed by atoms with Gasteiger partial charge >= 0.3 is 0 Å². The van der Waals surface area contributed by atoms with Crippen LogP contribution in [-0.4, -0.2) is 27.9 Å². The van der Waals surface area contributed by atoms with Gasteiger partial charge in [-0.1, -0.05) is 36.9 Å². The van der Waals surface area contributed by atoms with Gasteiger partial charge in [-0.25, -0.2) is 0 Å². The van der Waals surface area contributed by atoms with Gasteiger partial charge in [0.15, 0.2) is 4.34 Å². The Labute approximate surface area is 138 Å². The van der Waals surface area contributed by atoms with Gasteiger partial charge in [0.1, 0.15) is 5.76 Å². The Hall–Kier alpha value is -1.54. The summed E-state index contributed by atoms with van der Waals surface area (Å²) in [6.07, 6.45) is 3.54. The van der Waals surface area contributed by atoms with Gasteiger partial charge in [-0.15, -0.1) is 10.2 Å². The Morgan fingerprint density at radius 2 is 2.23 bits per heavy atom. The summed E-state index contributed by atoms with van der Waals surface area (Å²) in [5.74, 6) is 1.25. The summed E-state index contributed by atoms with van der Waals surface area (Å²) in [4.78, 5) is 11.8. The van der Waals surface area contributed by atoms with Crippen LogP contribution in [0.15, 0.2) is 27.2 Å². The van der Waals surface area contributed by atoms with Gasteiger partial charge in [0.25, 0.3) is 0 Å². The van der Waals surface area contributed by atoms with E-state index in [0.717, 1.165) is 28.1 Å². The van der Waals surface area contributed by atoms with Crippen molar-refractivity contribution < 1.29 is 9.21 Å². The van der Waals surface area contributed by atoms with Crippen LogP contribution in [0.1, 0.15) is 32.4 Å². The number of carbonyl (C=O) groups excluding carboxylic acids is 1. The molecule has 2 rings (SSSR count). The normalized spacial score (nSPS) is 10.9. The summed E-state index contributed by atoms with van der Waals surface area (Å²) in [6, 6.07) is 4.00. The second-order valence-electron chi connectivity index (χ2n) is 4.68. The molecule has 0 saturated heterocycles. The lowest BCUT2D eigenvalue weighted by Gasteiger charge is -2.13. The summed E-state index contributed by atoms with van der Waals surface area (Å²) in [5, 5.41) is 15.0. The molecule has 120 valence electrons. The van der Waals surface area contributed by atoms with E-state index in [1.54, 1.807) is 6.26 Å². The Morgan fingerprint density at radius 3 is 2.91 bits per heavy atom. The lowest BCUT2D eigenvalue weighted by molar-refractivity contribution is -0.119. The quantitative estimate of drug-likeness (QED) is 0.683. The van der Waals surface area contributed by atoms with E-state index in [-0.39, 0.29) is 11.9 Å². The largest absolute Gasteiger partial charge is 0.467 e. The minimum Gasteiger partial charge on any atom is -0.467 e. The fourth-order valence-electron chi connectivity index (χ4n) is 1.80. The monoisotopic (exact) mass is 340 g/mol. The van der Waals surface area contributed by atoms with E-state index in [2.05, 4.69) is 34.7 Å². The molecule has 0 aliphatic heterocycles. The molecule has 0 spiro atoms. The van der Waals surface area contributed by atoms with Crippen LogP contribution in [0.5, 0.6) is 0 Å². The smallest absolute Gasteiger partial charge is 0.230 e. The molecule has 0 saturated carbocycles. The third kappa shape index (κ3) is 5.34. The first-order valence-corrected chi connectivity index (χ1v) is 9.03. The number of thioether (sulfide) groups is 1. The first kappa shape index (κ1) is 16.8. The number of anilines is 1. The van der Waals surface area contributed by atoms with Gasteiger partial charge in [0, 0.05) is 6.04 Å². The van der Waals surface area contributed by atoms with Crippen molar-refractivity contribution in [2.24, 2.45) is 0 Å². The van der Waals surface area contributed by atoms with Crippen LogP contribution in [0.2, 0.25) is 0 Å². The fourth-order valence-corrected chi connectivity index (χ4v) is 3.36. The van der Waals surface area contributed by atoms with Crippen molar-refractivity contribution in [3.05, 3.63) is 24.2 Å². The van der Waals surface area contributed by atoms with E-state index >= 15 is 0 Å². The number of aromatic nitrogens is 2. The highest BCUT2D eigenvalue weighted by Gasteiger charge is 2.11. The van der Waals surface area contributed by atoms with Gasteiger partial charge in [0.2, 0.25) is 11.0 Å². The van der Waals surface area contributed by atoms with Crippen molar-refractivity contribution in [2.75, 3.05) is 11.1 Å². The average molecular weight is 340 g/mol. The van der Waals surface area contributed by atoms with Crippen LogP contribution in [0.4, 0.5) is 5.13 Å². The van der Waals surface area contributed by atoms with E-state index in [1.807, 2.05) is 12.1 Å². The summed E-state index contributed by atoms with van der Waals surface area (Å²) in [7, 11) is 0. The van der Waals surface area contributed by atoms with Crippen molar-refractivity contribution in [1.29, 1.82) is 0 Å². The molecule has 0 fully saturated rings. The maximum atomic E-state index is 11.8. The second-order valence-corrected chi connectivity index (χ2v) is 6.88. The third-order valence-electron chi connectivity index (χ3n) is 3.08. The molecule has 8 heteroatoms. The first-order chi connectivity index (χ1) is 10.7. The van der Waals surface area contributed by atoms with Crippen LogP contribution in [0, 0.1) is 0 Å². The molecule has 0 unspecified atom stereocenters. The minimum atomic E-state index is 0.0407. The van der Waals surface area contributed by atoms with Crippen molar-refractivity contribution in [1.82, 2.24) is 15.5 Å². The maximum absolute atomic E-state index is 11.8. The molecule has 2 heterocycles. The number of carbonyl (C=O) groups is 1. The molecule has 0 aliphatic carbocycles. The Balaban J connectivity index is 1.73. The van der Waals surface area contributed by atoms with Gasteiger partial charge in [0.05, 0.1) is 18.6 Å². The third-order valence-corrected chi connectivity index (χ3v) is 5.09. The van der Waals surface area contributed by atoms with E-state index in [0.29, 0.717) is 12.3 Å². The number of hydrogen-bond acceptors (Lipinski definition) is 7. The van der Waals surface area contributed by atoms with Gasteiger partial charge in [-0.05, 0) is 25.0 Å². The van der Waals surface area contributed by atoms with Gasteiger partial charge in [-0.2, -0.15) is 0 Å². The van der Waals surface area contributed by atoms with Crippen molar-refractivity contribution in [3.63, 3.8) is 0 Å². The highest BCUT2D eigenvalue weighted by molar-refractivity contribution is 8.01. The average Bonchev–Trinajstić information content (AvgIpc) is 3.19. The van der Waals surface area contributed by atoms with Crippen molar-refractivity contribution in [3.8, 4) is 0 Å². The molecule has 0 bridgehead atoms. The predicted molar refractivity (Wildman–Crippen MR) is 89.2 cm³/mol. The maximum Gasteiger partial charge on any atom is 0.230 e.